The molecule has 4 heteroatoms. The number of benzene rings is 1. The third kappa shape index (κ3) is 5.00. The Morgan fingerprint density at radius 2 is 1.77 bits per heavy atom. The predicted octanol–water partition coefficient (Wildman–Crippen LogP) is 4.90. The molecule has 1 aromatic carbocycles. The topological polar surface area (TPSA) is 35.6 Å². The van der Waals surface area contributed by atoms with E-state index in [9.17, 15) is 4.79 Å². The van der Waals surface area contributed by atoms with Crippen molar-refractivity contribution in [2.45, 2.75) is 70.8 Å². The third-order valence-electron chi connectivity index (χ3n) is 8.30. The molecule has 2 heterocycles. The number of carbonyl (C=O) groups is 1. The lowest BCUT2D eigenvalue weighted by atomic mass is 9.90. The van der Waals surface area contributed by atoms with Crippen molar-refractivity contribution in [3.05, 3.63) is 41.5 Å². The second kappa shape index (κ2) is 9.36. The van der Waals surface area contributed by atoms with Crippen LogP contribution in [0.3, 0.4) is 0 Å². The second-order valence-electron chi connectivity index (χ2n) is 10.4. The van der Waals surface area contributed by atoms with Crippen LogP contribution >= 0.6 is 0 Å². The molecule has 5 rings (SSSR count). The maximum absolute atomic E-state index is 12.7. The lowest BCUT2D eigenvalue weighted by molar-refractivity contribution is -0.123. The summed E-state index contributed by atoms with van der Waals surface area (Å²) in [6.45, 7) is 6.55. The molecule has 0 bridgehead atoms. The molecule has 1 saturated carbocycles. The molecule has 2 aliphatic heterocycles. The molecule has 1 spiro atoms. The molecule has 0 radical (unpaired) electrons. The van der Waals surface area contributed by atoms with Crippen molar-refractivity contribution in [1.82, 2.24) is 10.2 Å². The van der Waals surface area contributed by atoms with E-state index in [1.54, 1.807) is 5.57 Å². The summed E-state index contributed by atoms with van der Waals surface area (Å²) in [4.78, 5) is 17.8. The van der Waals surface area contributed by atoms with Crippen molar-refractivity contribution >= 4 is 11.6 Å². The Morgan fingerprint density at radius 1 is 1.00 bits per heavy atom. The fraction of sp³-hybridized carbons (Fsp3) is 0.667. The number of nitrogens with zero attached hydrogens (tertiary/aromatic N) is 2. The van der Waals surface area contributed by atoms with Crippen LogP contribution in [0.1, 0.15) is 69.8 Å². The standard InChI is InChI=1S/C27H39N3O/c31-26(28-15-12-22-6-2-1-3-7-22)25-20-27(25)13-18-29(19-14-27)21-23-8-10-24(11-9-23)30-16-4-5-17-30/h6,8-11,25H,1-5,7,12-21H2,(H,28,31). The average Bonchev–Trinajstić information content (AvgIpc) is 3.23. The maximum Gasteiger partial charge on any atom is 0.223 e. The van der Waals surface area contributed by atoms with E-state index in [1.807, 2.05) is 0 Å². The monoisotopic (exact) mass is 421 g/mol. The van der Waals surface area contributed by atoms with Crippen LogP contribution in [0.5, 0.6) is 0 Å². The van der Waals surface area contributed by atoms with E-state index in [-0.39, 0.29) is 5.92 Å². The quantitative estimate of drug-likeness (QED) is 0.637. The number of hydrogen-bond acceptors (Lipinski definition) is 3. The highest BCUT2D eigenvalue weighted by Crippen LogP contribution is 2.59. The molecule has 3 fully saturated rings. The third-order valence-corrected chi connectivity index (χ3v) is 8.30. The van der Waals surface area contributed by atoms with Crippen molar-refractivity contribution in [3.8, 4) is 0 Å². The number of anilines is 1. The van der Waals surface area contributed by atoms with Crippen molar-refractivity contribution in [1.29, 1.82) is 0 Å². The van der Waals surface area contributed by atoms with Crippen LogP contribution in [0, 0.1) is 11.3 Å². The molecule has 1 amide bonds. The van der Waals surface area contributed by atoms with Crippen molar-refractivity contribution in [2.75, 3.05) is 37.6 Å². The highest BCUT2D eigenvalue weighted by atomic mass is 16.2. The van der Waals surface area contributed by atoms with Gasteiger partial charge in [0, 0.05) is 37.8 Å². The fourth-order valence-electron chi connectivity index (χ4n) is 6.07. The second-order valence-corrected chi connectivity index (χ2v) is 10.4. The molecule has 1 unspecified atom stereocenters. The Labute approximate surface area is 188 Å². The van der Waals surface area contributed by atoms with Gasteiger partial charge >= 0.3 is 0 Å². The molecular weight excluding hydrogens is 382 g/mol. The molecule has 1 N–H and O–H groups in total. The number of amides is 1. The first-order chi connectivity index (χ1) is 15.2. The minimum atomic E-state index is 0.273. The normalized spacial score (nSPS) is 25.5. The van der Waals surface area contributed by atoms with Gasteiger partial charge in [0.25, 0.3) is 0 Å². The Bertz CT molecular complexity index is 785. The van der Waals surface area contributed by atoms with E-state index in [0.717, 1.165) is 39.0 Å². The Hall–Kier alpha value is -1.81. The first kappa shape index (κ1) is 21.1. The zero-order valence-electron chi connectivity index (χ0n) is 19.1. The predicted molar refractivity (Wildman–Crippen MR) is 127 cm³/mol. The van der Waals surface area contributed by atoms with Crippen molar-refractivity contribution in [2.24, 2.45) is 11.3 Å². The molecule has 168 valence electrons. The van der Waals surface area contributed by atoms with Crippen LogP contribution in [0.15, 0.2) is 35.9 Å². The van der Waals surface area contributed by atoms with E-state index in [4.69, 9.17) is 0 Å². The molecule has 31 heavy (non-hydrogen) atoms. The largest absolute Gasteiger partial charge is 0.372 e. The summed E-state index contributed by atoms with van der Waals surface area (Å²) in [6.07, 6.45) is 14.7. The molecule has 1 aromatic rings. The summed E-state index contributed by atoms with van der Waals surface area (Å²) in [6, 6.07) is 9.23. The van der Waals surface area contributed by atoms with E-state index >= 15 is 0 Å². The smallest absolute Gasteiger partial charge is 0.223 e. The molecule has 2 saturated heterocycles. The number of piperidine rings is 1. The van der Waals surface area contributed by atoms with Crippen LogP contribution < -0.4 is 10.2 Å². The van der Waals surface area contributed by atoms with E-state index in [0.29, 0.717) is 11.3 Å². The maximum atomic E-state index is 12.7. The van der Waals surface area contributed by atoms with Crippen LogP contribution in [0.2, 0.25) is 0 Å². The van der Waals surface area contributed by atoms with Gasteiger partial charge in [0.05, 0.1) is 0 Å². The van der Waals surface area contributed by atoms with Gasteiger partial charge in [-0.15, -0.1) is 0 Å². The lowest BCUT2D eigenvalue weighted by Crippen LogP contribution is -2.37. The van der Waals surface area contributed by atoms with Gasteiger partial charge in [-0.1, -0.05) is 23.8 Å². The minimum Gasteiger partial charge on any atom is -0.372 e. The lowest BCUT2D eigenvalue weighted by Gasteiger charge is -2.33. The number of carbonyl (C=O) groups excluding carboxylic acids is 1. The van der Waals surface area contributed by atoms with Gasteiger partial charge in [0.2, 0.25) is 5.91 Å². The summed E-state index contributed by atoms with van der Waals surface area (Å²) in [5.74, 6) is 0.595. The highest BCUT2D eigenvalue weighted by molar-refractivity contribution is 5.82. The van der Waals surface area contributed by atoms with Gasteiger partial charge in [-0.05, 0) is 100 Å². The van der Waals surface area contributed by atoms with Gasteiger partial charge in [-0.2, -0.15) is 0 Å². The van der Waals surface area contributed by atoms with E-state index in [2.05, 4.69) is 45.5 Å². The molecule has 4 nitrogen and oxygen atoms in total. The number of hydrogen-bond donors (Lipinski definition) is 1. The minimum absolute atomic E-state index is 0.273. The van der Waals surface area contributed by atoms with Gasteiger partial charge in [0.15, 0.2) is 0 Å². The number of allylic oxidation sites excluding steroid dienone is 1. The Kier molecular flexibility index (Phi) is 6.36. The zero-order valence-corrected chi connectivity index (χ0v) is 19.1. The first-order valence-corrected chi connectivity index (χ1v) is 12.7. The summed E-state index contributed by atoms with van der Waals surface area (Å²) >= 11 is 0. The molecular formula is C27H39N3O. The van der Waals surface area contributed by atoms with E-state index in [1.165, 1.54) is 75.7 Å². The van der Waals surface area contributed by atoms with Gasteiger partial charge in [-0.25, -0.2) is 0 Å². The fourth-order valence-corrected chi connectivity index (χ4v) is 6.07. The van der Waals surface area contributed by atoms with Crippen LogP contribution in [0.4, 0.5) is 5.69 Å². The zero-order chi connectivity index (χ0) is 21.1. The summed E-state index contributed by atoms with van der Waals surface area (Å²) in [5.41, 5.74) is 4.66. The number of likely N-dealkylation sites (tertiary alicyclic amines) is 1. The van der Waals surface area contributed by atoms with Gasteiger partial charge < -0.3 is 10.2 Å². The van der Waals surface area contributed by atoms with Gasteiger partial charge in [0.1, 0.15) is 0 Å². The number of nitrogens with one attached hydrogen (secondary N) is 1. The average molecular weight is 422 g/mol. The highest BCUT2D eigenvalue weighted by Gasteiger charge is 2.58. The van der Waals surface area contributed by atoms with Gasteiger partial charge in [-0.3, -0.25) is 9.69 Å². The molecule has 1 atom stereocenters. The number of rotatable bonds is 7. The van der Waals surface area contributed by atoms with E-state index < -0.39 is 0 Å². The molecule has 4 aliphatic rings. The first-order valence-electron chi connectivity index (χ1n) is 12.7. The molecule has 2 aliphatic carbocycles. The SMILES string of the molecule is O=C(NCCC1=CCCCC1)C1CC12CCN(Cc1ccc(N3CCCC3)cc1)CC2. The Balaban J connectivity index is 1.04. The van der Waals surface area contributed by atoms with Crippen LogP contribution in [0.25, 0.3) is 0 Å². The van der Waals surface area contributed by atoms with Crippen molar-refractivity contribution in [3.63, 3.8) is 0 Å². The summed E-state index contributed by atoms with van der Waals surface area (Å²) in [7, 11) is 0. The summed E-state index contributed by atoms with van der Waals surface area (Å²) < 4.78 is 0. The molecule has 0 aromatic heterocycles. The van der Waals surface area contributed by atoms with Crippen LogP contribution in [-0.2, 0) is 11.3 Å². The van der Waals surface area contributed by atoms with Crippen molar-refractivity contribution < 1.29 is 4.79 Å². The summed E-state index contributed by atoms with van der Waals surface area (Å²) in [5, 5.41) is 3.25. The Morgan fingerprint density at radius 3 is 2.48 bits per heavy atom. The van der Waals surface area contributed by atoms with Crippen LogP contribution in [-0.4, -0.2) is 43.5 Å².